The van der Waals surface area contributed by atoms with Crippen molar-refractivity contribution in [2.75, 3.05) is 6.61 Å². The molecule has 1 fully saturated rings. The second-order valence-corrected chi connectivity index (χ2v) is 4.12. The number of ketones is 1. The van der Waals surface area contributed by atoms with Gasteiger partial charge in [-0.3, -0.25) is 4.79 Å². The van der Waals surface area contributed by atoms with Gasteiger partial charge in [0.1, 0.15) is 5.75 Å². The van der Waals surface area contributed by atoms with Gasteiger partial charge >= 0.3 is 5.97 Å². The molecule has 1 aliphatic heterocycles. The minimum absolute atomic E-state index is 0.0774. The van der Waals surface area contributed by atoms with Crippen LogP contribution < -0.4 is 4.74 Å². The third kappa shape index (κ3) is 2.46. The number of esters is 1. The Labute approximate surface area is 99.5 Å². The number of benzene rings is 1. The van der Waals surface area contributed by atoms with Gasteiger partial charge in [-0.25, -0.2) is 4.79 Å². The van der Waals surface area contributed by atoms with Gasteiger partial charge < -0.3 is 9.47 Å². The molecule has 1 unspecified atom stereocenters. The molecule has 2 rings (SSSR count). The van der Waals surface area contributed by atoms with E-state index in [1.807, 2.05) is 13.0 Å². The number of cyclic esters (lactones) is 1. The van der Waals surface area contributed by atoms with E-state index < -0.39 is 6.10 Å². The summed E-state index contributed by atoms with van der Waals surface area (Å²) in [6.07, 6.45) is -0.0562. The second kappa shape index (κ2) is 4.57. The topological polar surface area (TPSA) is 52.6 Å². The molecule has 0 aromatic heterocycles. The van der Waals surface area contributed by atoms with Crippen molar-refractivity contribution in [2.45, 2.75) is 26.4 Å². The minimum atomic E-state index is -0.588. The number of Topliss-reactive ketones (excluding diaryl/α,β-unsaturated/α-hetero) is 1. The van der Waals surface area contributed by atoms with Gasteiger partial charge in [0.2, 0.25) is 0 Å². The molecule has 4 heteroatoms. The van der Waals surface area contributed by atoms with Crippen molar-refractivity contribution in [3.05, 3.63) is 29.3 Å². The van der Waals surface area contributed by atoms with E-state index in [0.717, 1.165) is 5.56 Å². The number of carbonyl (C=O) groups excluding carboxylic acids is 2. The van der Waals surface area contributed by atoms with Crippen LogP contribution in [0.2, 0.25) is 0 Å². The predicted octanol–water partition coefficient (Wildman–Crippen LogP) is 1.89. The minimum Gasteiger partial charge on any atom is -0.478 e. The van der Waals surface area contributed by atoms with Crippen molar-refractivity contribution in [1.82, 2.24) is 0 Å². The zero-order chi connectivity index (χ0) is 12.4. The van der Waals surface area contributed by atoms with Crippen LogP contribution >= 0.6 is 0 Å². The fourth-order valence-corrected chi connectivity index (χ4v) is 1.76. The van der Waals surface area contributed by atoms with Gasteiger partial charge in [-0.15, -0.1) is 0 Å². The van der Waals surface area contributed by atoms with E-state index in [1.165, 1.54) is 6.92 Å². The zero-order valence-corrected chi connectivity index (χ0v) is 9.86. The van der Waals surface area contributed by atoms with E-state index >= 15 is 0 Å². The SMILES string of the molecule is CC(=O)c1ccc(C)cc1OC1CCOC1=O. The quantitative estimate of drug-likeness (QED) is 0.592. The van der Waals surface area contributed by atoms with E-state index in [9.17, 15) is 9.59 Å². The molecule has 0 N–H and O–H groups in total. The molecule has 1 atom stereocenters. The summed E-state index contributed by atoms with van der Waals surface area (Å²) in [4.78, 5) is 22.7. The van der Waals surface area contributed by atoms with Gasteiger partial charge in [0.25, 0.3) is 0 Å². The first-order valence-electron chi connectivity index (χ1n) is 5.53. The third-order valence-corrected chi connectivity index (χ3v) is 2.67. The highest BCUT2D eigenvalue weighted by molar-refractivity contribution is 5.97. The maximum atomic E-state index is 11.4. The lowest BCUT2D eigenvalue weighted by Gasteiger charge is -2.13. The number of hydrogen-bond donors (Lipinski definition) is 0. The molecule has 90 valence electrons. The Balaban J connectivity index is 2.27. The van der Waals surface area contributed by atoms with Crippen LogP contribution in [0, 0.1) is 6.92 Å². The molecule has 0 saturated carbocycles. The Bertz CT molecular complexity index is 464. The first kappa shape index (κ1) is 11.6. The molecule has 4 nitrogen and oxygen atoms in total. The van der Waals surface area contributed by atoms with Gasteiger partial charge in [-0.1, -0.05) is 6.07 Å². The summed E-state index contributed by atoms with van der Waals surface area (Å²) in [6.45, 7) is 3.76. The van der Waals surface area contributed by atoms with Crippen molar-refractivity contribution in [1.29, 1.82) is 0 Å². The summed E-state index contributed by atoms with van der Waals surface area (Å²) < 4.78 is 10.4. The number of ether oxygens (including phenoxy) is 2. The van der Waals surface area contributed by atoms with E-state index in [-0.39, 0.29) is 11.8 Å². The van der Waals surface area contributed by atoms with Crippen molar-refractivity contribution in [3.63, 3.8) is 0 Å². The van der Waals surface area contributed by atoms with Crippen molar-refractivity contribution < 1.29 is 19.1 Å². The second-order valence-electron chi connectivity index (χ2n) is 4.12. The van der Waals surface area contributed by atoms with Crippen molar-refractivity contribution >= 4 is 11.8 Å². The Kier molecular flexibility index (Phi) is 3.13. The zero-order valence-electron chi connectivity index (χ0n) is 9.86. The van der Waals surface area contributed by atoms with Crippen LogP contribution in [0.5, 0.6) is 5.75 Å². The number of rotatable bonds is 3. The molecule has 1 aromatic rings. The normalized spacial score (nSPS) is 18.9. The first-order valence-corrected chi connectivity index (χ1v) is 5.53. The first-order chi connectivity index (χ1) is 8.08. The lowest BCUT2D eigenvalue weighted by Crippen LogP contribution is -2.22. The summed E-state index contributed by atoms with van der Waals surface area (Å²) >= 11 is 0. The average Bonchev–Trinajstić information content (AvgIpc) is 2.64. The molecule has 0 aliphatic carbocycles. The summed E-state index contributed by atoms with van der Waals surface area (Å²) in [6, 6.07) is 5.33. The highest BCUT2D eigenvalue weighted by Crippen LogP contribution is 2.24. The van der Waals surface area contributed by atoms with E-state index in [1.54, 1.807) is 12.1 Å². The molecule has 0 bridgehead atoms. The highest BCUT2D eigenvalue weighted by Gasteiger charge is 2.29. The summed E-state index contributed by atoms with van der Waals surface area (Å²) in [5, 5.41) is 0. The van der Waals surface area contributed by atoms with Gasteiger partial charge in [-0.05, 0) is 31.5 Å². The van der Waals surface area contributed by atoms with Gasteiger partial charge in [-0.2, -0.15) is 0 Å². The fourth-order valence-electron chi connectivity index (χ4n) is 1.76. The fraction of sp³-hybridized carbons (Fsp3) is 0.385. The van der Waals surface area contributed by atoms with Crippen molar-refractivity contribution in [2.24, 2.45) is 0 Å². The maximum absolute atomic E-state index is 11.4. The van der Waals surface area contributed by atoms with Crippen LogP contribution in [0.1, 0.15) is 29.3 Å². The monoisotopic (exact) mass is 234 g/mol. The third-order valence-electron chi connectivity index (χ3n) is 2.67. The molecule has 0 amide bonds. The summed E-state index contributed by atoms with van der Waals surface area (Å²) in [5.41, 5.74) is 1.48. The lowest BCUT2D eigenvalue weighted by atomic mass is 10.1. The number of aryl methyl sites for hydroxylation is 1. The van der Waals surface area contributed by atoms with E-state index in [2.05, 4.69) is 0 Å². The summed E-state index contributed by atoms with van der Waals surface area (Å²) in [7, 11) is 0. The Morgan fingerprint density at radius 1 is 1.47 bits per heavy atom. The Morgan fingerprint density at radius 2 is 2.24 bits per heavy atom. The molecule has 0 spiro atoms. The number of carbonyl (C=O) groups is 2. The average molecular weight is 234 g/mol. The van der Waals surface area contributed by atoms with Crippen LogP contribution in [0.3, 0.4) is 0 Å². The largest absolute Gasteiger partial charge is 0.478 e. The summed E-state index contributed by atoms with van der Waals surface area (Å²) in [5.74, 6) is 0.0220. The lowest BCUT2D eigenvalue weighted by molar-refractivity contribution is -0.143. The van der Waals surface area contributed by atoms with Crippen LogP contribution in [0.15, 0.2) is 18.2 Å². The predicted molar refractivity (Wildman–Crippen MR) is 61.2 cm³/mol. The Morgan fingerprint density at radius 3 is 2.82 bits per heavy atom. The highest BCUT2D eigenvalue weighted by atomic mass is 16.6. The molecule has 1 heterocycles. The van der Waals surface area contributed by atoms with Gasteiger partial charge in [0.05, 0.1) is 12.2 Å². The van der Waals surface area contributed by atoms with Crippen LogP contribution in [-0.2, 0) is 9.53 Å². The van der Waals surface area contributed by atoms with Gasteiger partial charge in [0.15, 0.2) is 11.9 Å². The van der Waals surface area contributed by atoms with Crippen molar-refractivity contribution in [3.8, 4) is 5.75 Å². The molecular weight excluding hydrogens is 220 g/mol. The van der Waals surface area contributed by atoms with E-state index in [4.69, 9.17) is 9.47 Å². The molecule has 1 aromatic carbocycles. The Hall–Kier alpha value is -1.84. The molecule has 17 heavy (non-hydrogen) atoms. The molecule has 1 aliphatic rings. The van der Waals surface area contributed by atoms with Crippen LogP contribution in [0.25, 0.3) is 0 Å². The smallest absolute Gasteiger partial charge is 0.347 e. The van der Waals surface area contributed by atoms with Crippen LogP contribution in [-0.4, -0.2) is 24.5 Å². The van der Waals surface area contributed by atoms with E-state index in [0.29, 0.717) is 24.3 Å². The van der Waals surface area contributed by atoms with Gasteiger partial charge in [0, 0.05) is 6.42 Å². The maximum Gasteiger partial charge on any atom is 0.347 e. The standard InChI is InChI=1S/C13H14O4/c1-8-3-4-10(9(2)14)12(7-8)17-11-5-6-16-13(11)15/h3-4,7,11H,5-6H2,1-2H3. The molecule has 0 radical (unpaired) electrons. The molecular formula is C13H14O4. The number of hydrogen-bond acceptors (Lipinski definition) is 4. The molecule has 1 saturated heterocycles. The van der Waals surface area contributed by atoms with Crippen LogP contribution in [0.4, 0.5) is 0 Å².